The number of unbranched alkanes of at least 4 members (excludes halogenated alkanes) is 4. The molecule has 70 heavy (non-hydrogen) atoms. The molecule has 26 heteroatoms. The number of imidazole rings is 1. The molecule has 1 aliphatic rings. The van der Waals surface area contributed by atoms with Gasteiger partial charge in [0.25, 0.3) is 5.56 Å². The number of carboxylic acid groups (broad SMARTS) is 1. The summed E-state index contributed by atoms with van der Waals surface area (Å²) < 4.78 is 5.49. The summed E-state index contributed by atoms with van der Waals surface area (Å²) in [5.74, 6) is 5.41. The van der Waals surface area contributed by atoms with Crippen molar-refractivity contribution in [1.82, 2.24) is 43.6 Å². The van der Waals surface area contributed by atoms with Crippen LogP contribution >= 0.6 is 0 Å². The van der Waals surface area contributed by atoms with Gasteiger partial charge in [-0.05, 0) is 44.7 Å². The number of fused-ring (bicyclic) bond motifs is 1. The van der Waals surface area contributed by atoms with Crippen molar-refractivity contribution >= 4 is 28.9 Å². The Hall–Kier alpha value is -5.41. The molecule has 0 aromatic carbocycles. The van der Waals surface area contributed by atoms with Gasteiger partial charge in [0.2, 0.25) is 5.95 Å². The van der Waals surface area contributed by atoms with Crippen LogP contribution in [-0.2, 0) is 33.2 Å². The molecular weight excluding hydrogens is 921 g/mol. The molecule has 14 N–H and O–H groups in total. The van der Waals surface area contributed by atoms with Crippen LogP contribution in [0.2, 0.25) is 0 Å². The number of aliphatic hydroxyl groups is 10. The van der Waals surface area contributed by atoms with Crippen LogP contribution in [0.1, 0.15) is 73.6 Å². The Morgan fingerprint density at radius 3 is 2.13 bits per heavy atom. The fraction of sp³-hybridized carbons (Fsp3) is 0.659. The van der Waals surface area contributed by atoms with E-state index >= 15 is 0 Å². The van der Waals surface area contributed by atoms with Gasteiger partial charge in [0.15, 0.2) is 11.2 Å². The summed E-state index contributed by atoms with van der Waals surface area (Å²) in [7, 11) is 1.50. The predicted octanol–water partition coefficient (Wildman–Crippen LogP) is -4.68. The third-order valence-corrected chi connectivity index (χ3v) is 12.3. The first-order valence-electron chi connectivity index (χ1n) is 23.2. The van der Waals surface area contributed by atoms with E-state index in [1.807, 2.05) is 4.90 Å². The van der Waals surface area contributed by atoms with E-state index in [9.17, 15) is 60.3 Å². The van der Waals surface area contributed by atoms with Crippen molar-refractivity contribution in [3.63, 3.8) is 0 Å². The number of aromatic nitrogens is 8. The van der Waals surface area contributed by atoms with Gasteiger partial charge in [0.1, 0.15) is 42.4 Å². The number of piperidine rings is 1. The minimum Gasteiger partial charge on any atom is -0.478 e. The summed E-state index contributed by atoms with van der Waals surface area (Å²) in [6.45, 7) is 0.756. The van der Waals surface area contributed by atoms with Gasteiger partial charge in [-0.25, -0.2) is 14.6 Å². The molecule has 5 heterocycles. The van der Waals surface area contributed by atoms with Crippen molar-refractivity contribution in [1.29, 1.82) is 0 Å². The molecule has 9 atom stereocenters. The Labute approximate surface area is 402 Å². The van der Waals surface area contributed by atoms with Crippen LogP contribution in [0.15, 0.2) is 27.9 Å². The van der Waals surface area contributed by atoms with Gasteiger partial charge in [0, 0.05) is 65.1 Å². The summed E-state index contributed by atoms with van der Waals surface area (Å²) in [4.78, 5) is 52.7. The molecule has 4 aromatic rings. The van der Waals surface area contributed by atoms with Crippen LogP contribution in [0.5, 0.6) is 0 Å². The van der Waals surface area contributed by atoms with Crippen LogP contribution in [0.25, 0.3) is 11.2 Å². The fourth-order valence-corrected chi connectivity index (χ4v) is 8.28. The van der Waals surface area contributed by atoms with Crippen LogP contribution in [0.4, 0.5) is 11.8 Å². The highest BCUT2D eigenvalue weighted by Gasteiger charge is 2.35. The van der Waals surface area contributed by atoms with Crippen molar-refractivity contribution < 1.29 is 61.0 Å². The summed E-state index contributed by atoms with van der Waals surface area (Å²) in [6, 6.07) is 2.82. The Kier molecular flexibility index (Phi) is 20.7. The van der Waals surface area contributed by atoms with E-state index in [0.717, 1.165) is 49.5 Å². The SMILES string of the molecule is CC#CCn1c(N2CCC[C@@H](N)C2)nc2c1c(=O)n(Cc1nc(NCCCCCCCn3cc(CN(C[C@H](O)[C@@H](O)[C@H](O)[C@H](O)CO)C[C@H](O)[C@@H](O)[C@H](O)[C@H](O)CO)nn3)ccc1C(=O)O)c(=O)n2C. The van der Waals surface area contributed by atoms with Gasteiger partial charge in [-0.3, -0.25) is 28.1 Å². The molecule has 0 spiro atoms. The van der Waals surface area contributed by atoms with Gasteiger partial charge in [-0.2, -0.15) is 4.98 Å². The minimum absolute atomic E-state index is 0.0130. The van der Waals surface area contributed by atoms with Gasteiger partial charge < -0.3 is 72.1 Å². The summed E-state index contributed by atoms with van der Waals surface area (Å²) in [5, 5.41) is 121. The largest absolute Gasteiger partial charge is 0.478 e. The zero-order valence-electron chi connectivity index (χ0n) is 39.3. The van der Waals surface area contributed by atoms with Crippen LogP contribution < -0.4 is 27.2 Å². The second-order valence-corrected chi connectivity index (χ2v) is 17.6. The summed E-state index contributed by atoms with van der Waals surface area (Å²) in [5.41, 5.74) is 5.44. The molecule has 0 unspecified atom stereocenters. The molecule has 0 aliphatic carbocycles. The lowest BCUT2D eigenvalue weighted by molar-refractivity contribution is -0.131. The highest BCUT2D eigenvalue weighted by Crippen LogP contribution is 2.23. The Morgan fingerprint density at radius 2 is 1.51 bits per heavy atom. The van der Waals surface area contributed by atoms with Crippen LogP contribution in [0.3, 0.4) is 0 Å². The highest BCUT2D eigenvalue weighted by molar-refractivity contribution is 5.89. The number of aromatic carboxylic acids is 1. The number of aryl methyl sites for hydroxylation is 2. The fourth-order valence-electron chi connectivity index (χ4n) is 8.28. The zero-order chi connectivity index (χ0) is 51.2. The van der Waals surface area contributed by atoms with E-state index in [4.69, 9.17) is 20.9 Å². The summed E-state index contributed by atoms with van der Waals surface area (Å²) in [6.07, 6.45) is -7.43. The second kappa shape index (κ2) is 26.2. The number of nitrogens with one attached hydrogen (secondary N) is 1. The lowest BCUT2D eigenvalue weighted by atomic mass is 10.0. The number of aliphatic hydroxyl groups excluding tert-OH is 10. The number of anilines is 2. The Bertz CT molecular complexity index is 2470. The van der Waals surface area contributed by atoms with Gasteiger partial charge >= 0.3 is 11.7 Å². The standard InChI is InChI=1S/C44H68N12O14/c1-3-4-17-55-35-40(48-43(55)53-15-10-11-26(45)18-53)51(2)44(70)56(41(35)67)21-29-28(42(68)69)12-13-34(47-29)46-14-8-6-5-7-9-16-54-20-27(49-50-54)19-52(22-30(59)36(63)38(65)32(61)24-57)23-31(60)37(64)39(66)33(62)25-58/h12-13,20,26,30-33,36-39,57-66H,5-11,14-19,21-25,45H2,1-2H3,(H,46,47)(H,68,69)/t26-,30+,31+,32-,33-,36-,37-,38-,39-/m1/s1. The molecule has 388 valence electrons. The zero-order valence-corrected chi connectivity index (χ0v) is 39.3. The lowest BCUT2D eigenvalue weighted by Gasteiger charge is -2.33. The van der Waals surface area contributed by atoms with Crippen molar-refractivity contribution in [3.05, 3.63) is 56.1 Å². The minimum atomic E-state index is -1.93. The van der Waals surface area contributed by atoms with Crippen molar-refractivity contribution in [2.75, 3.05) is 56.2 Å². The molecule has 5 rings (SSSR count). The number of carboxylic acids is 1. The third kappa shape index (κ3) is 14.1. The smallest absolute Gasteiger partial charge is 0.337 e. The average Bonchev–Trinajstić information content (AvgIpc) is 3.97. The van der Waals surface area contributed by atoms with Gasteiger partial charge in [-0.1, -0.05) is 30.4 Å². The van der Waals surface area contributed by atoms with Gasteiger partial charge in [0.05, 0.1) is 55.5 Å². The molecule has 1 fully saturated rings. The number of nitrogens with zero attached hydrogens (tertiary/aromatic N) is 10. The van der Waals surface area contributed by atoms with E-state index in [0.29, 0.717) is 43.6 Å². The molecular formula is C44H68N12O14. The third-order valence-electron chi connectivity index (χ3n) is 12.3. The van der Waals surface area contributed by atoms with E-state index in [-0.39, 0.29) is 41.6 Å². The monoisotopic (exact) mass is 988 g/mol. The molecule has 0 bridgehead atoms. The molecule has 26 nitrogen and oxygen atoms in total. The number of carbonyl (C=O) groups is 1. The molecule has 4 aromatic heterocycles. The van der Waals surface area contributed by atoms with Crippen LogP contribution in [0, 0.1) is 11.8 Å². The number of rotatable bonds is 28. The topological polar surface area (TPSA) is 390 Å². The highest BCUT2D eigenvalue weighted by atomic mass is 16.4. The predicted molar refractivity (Wildman–Crippen MR) is 252 cm³/mol. The maximum atomic E-state index is 14.2. The number of hydrogen-bond acceptors (Lipinski definition) is 21. The average molecular weight is 989 g/mol. The second-order valence-electron chi connectivity index (χ2n) is 17.6. The quantitative estimate of drug-likeness (QED) is 0.0188. The van der Waals surface area contributed by atoms with Crippen molar-refractivity contribution in [2.45, 2.75) is 133 Å². The van der Waals surface area contributed by atoms with Gasteiger partial charge in [-0.15, -0.1) is 11.0 Å². The lowest BCUT2D eigenvalue weighted by Crippen LogP contribution is -2.53. The molecule has 1 saturated heterocycles. The van der Waals surface area contributed by atoms with E-state index in [2.05, 4.69) is 32.5 Å². The number of pyridine rings is 1. The maximum Gasteiger partial charge on any atom is 0.337 e. The first kappa shape index (κ1) is 55.5. The van der Waals surface area contributed by atoms with Crippen LogP contribution in [-0.4, -0.2) is 207 Å². The summed E-state index contributed by atoms with van der Waals surface area (Å²) >= 11 is 0. The molecule has 0 radical (unpaired) electrons. The van der Waals surface area contributed by atoms with E-state index < -0.39 is 98.9 Å². The Morgan fingerprint density at radius 1 is 0.886 bits per heavy atom. The molecule has 1 aliphatic heterocycles. The van der Waals surface area contributed by atoms with Crippen molar-refractivity contribution in [2.24, 2.45) is 12.8 Å². The Balaban J connectivity index is 1.16. The first-order valence-corrected chi connectivity index (χ1v) is 23.2. The maximum absolute atomic E-state index is 14.2. The normalized spacial score (nSPS) is 17.7. The first-order chi connectivity index (χ1) is 33.4. The molecule has 0 amide bonds. The number of nitrogens with two attached hydrogens (primary N) is 1. The van der Waals surface area contributed by atoms with E-state index in [1.165, 1.54) is 28.6 Å². The number of hydrogen-bond donors (Lipinski definition) is 13. The molecule has 0 saturated carbocycles. The van der Waals surface area contributed by atoms with E-state index in [1.54, 1.807) is 22.4 Å². The van der Waals surface area contributed by atoms with Crippen molar-refractivity contribution in [3.8, 4) is 11.8 Å².